The predicted octanol–water partition coefficient (Wildman–Crippen LogP) is 16.7. The molecule has 2 heterocycles. The molecule has 0 aromatic carbocycles. The highest BCUT2D eigenvalue weighted by atomic mass is 16.7. The van der Waals surface area contributed by atoms with Gasteiger partial charge in [0.1, 0.15) is 48.8 Å². The van der Waals surface area contributed by atoms with Gasteiger partial charge < -0.3 is 65.1 Å². The molecular formula is C79H141NO13. The molecule has 0 saturated carbocycles. The summed E-state index contributed by atoms with van der Waals surface area (Å²) in [5, 5.41) is 87.5. The van der Waals surface area contributed by atoms with E-state index in [4.69, 9.17) is 18.9 Å². The number of rotatable bonds is 63. The van der Waals surface area contributed by atoms with Crippen LogP contribution < -0.4 is 5.32 Å². The van der Waals surface area contributed by atoms with Gasteiger partial charge in [0.2, 0.25) is 5.91 Å². The van der Waals surface area contributed by atoms with Crippen LogP contribution in [-0.2, 0) is 23.7 Å². The summed E-state index contributed by atoms with van der Waals surface area (Å²) in [6.07, 6.45) is 71.0. The van der Waals surface area contributed by atoms with Crippen LogP contribution in [0.1, 0.15) is 316 Å². The van der Waals surface area contributed by atoms with Crippen LogP contribution >= 0.6 is 0 Å². The molecule has 12 unspecified atom stereocenters. The third-order valence-corrected chi connectivity index (χ3v) is 18.3. The van der Waals surface area contributed by atoms with Gasteiger partial charge in [-0.15, -0.1) is 0 Å². The number of amides is 1. The molecule has 14 nitrogen and oxygen atoms in total. The Hall–Kier alpha value is -2.83. The van der Waals surface area contributed by atoms with Crippen molar-refractivity contribution in [1.29, 1.82) is 0 Å². The summed E-state index contributed by atoms with van der Waals surface area (Å²) in [4.78, 5) is 13.3. The molecule has 14 heteroatoms. The molecule has 0 radical (unpaired) electrons. The third kappa shape index (κ3) is 46.1. The molecule has 0 aromatic heterocycles. The fourth-order valence-electron chi connectivity index (χ4n) is 12.3. The van der Waals surface area contributed by atoms with E-state index in [1.165, 1.54) is 212 Å². The van der Waals surface area contributed by atoms with Gasteiger partial charge >= 0.3 is 0 Å². The predicted molar refractivity (Wildman–Crippen MR) is 383 cm³/mol. The molecule has 0 spiro atoms. The van der Waals surface area contributed by atoms with Gasteiger partial charge in [-0.05, 0) is 83.5 Å². The number of hydrogen-bond donors (Lipinski definition) is 9. The lowest BCUT2D eigenvalue weighted by atomic mass is 9.97. The molecule has 9 N–H and O–H groups in total. The molecule has 2 saturated heterocycles. The summed E-state index contributed by atoms with van der Waals surface area (Å²) < 4.78 is 22.9. The van der Waals surface area contributed by atoms with Crippen LogP contribution in [0.25, 0.3) is 0 Å². The maximum atomic E-state index is 13.3. The van der Waals surface area contributed by atoms with Gasteiger partial charge in [0.05, 0.1) is 32.0 Å². The molecule has 0 aromatic rings. The van der Waals surface area contributed by atoms with Crippen LogP contribution in [0, 0.1) is 0 Å². The summed E-state index contributed by atoms with van der Waals surface area (Å²) in [5.41, 5.74) is 0. The van der Waals surface area contributed by atoms with Crippen molar-refractivity contribution in [3.8, 4) is 0 Å². The fourth-order valence-corrected chi connectivity index (χ4v) is 12.3. The summed E-state index contributed by atoms with van der Waals surface area (Å²) in [6.45, 7) is 2.69. The van der Waals surface area contributed by atoms with Crippen molar-refractivity contribution in [2.75, 3.05) is 19.8 Å². The minimum atomic E-state index is -1.79. The average molecular weight is 1310 g/mol. The van der Waals surface area contributed by atoms with Gasteiger partial charge in [-0.1, -0.05) is 311 Å². The molecule has 2 rings (SSSR count). The summed E-state index contributed by atoms with van der Waals surface area (Å²) in [7, 11) is 0. The lowest BCUT2D eigenvalue weighted by Crippen LogP contribution is -2.65. The number of ether oxygens (including phenoxy) is 4. The fraction of sp³-hybridized carbons (Fsp3) is 0.810. The van der Waals surface area contributed by atoms with E-state index in [0.29, 0.717) is 12.8 Å². The highest BCUT2D eigenvalue weighted by molar-refractivity contribution is 5.76. The van der Waals surface area contributed by atoms with Crippen molar-refractivity contribution in [3.05, 3.63) is 85.1 Å². The first-order valence-electron chi connectivity index (χ1n) is 38.3. The first kappa shape index (κ1) is 86.3. The highest BCUT2D eigenvalue weighted by Crippen LogP contribution is 2.30. The number of carbonyl (C=O) groups excluding carboxylic acids is 1. The first-order chi connectivity index (χ1) is 45.6. The van der Waals surface area contributed by atoms with Gasteiger partial charge in [-0.2, -0.15) is 0 Å². The summed E-state index contributed by atoms with van der Waals surface area (Å²) in [6, 6.07) is -0.940. The number of unbranched alkanes of at least 4 members (excludes halogenated alkanes) is 38. The molecule has 540 valence electrons. The first-order valence-corrected chi connectivity index (χ1v) is 38.3. The lowest BCUT2D eigenvalue weighted by molar-refractivity contribution is -0.359. The SMILES string of the molecule is CC/C=C\C/C=C\C/C=C\C/C=C\CCCCCCCCCCCCCCCCCCCCCCCCCCCCC(=O)NC(COC1OC(CO)C(OC2OC(CO)C(O)C(O)C2O)C(O)C1O)C(O)/C=C/CC/C=C/CC/C=C/CCCCCCCCCCCC. The Morgan fingerprint density at radius 3 is 1.18 bits per heavy atom. The van der Waals surface area contributed by atoms with E-state index in [-0.39, 0.29) is 18.9 Å². The highest BCUT2D eigenvalue weighted by Gasteiger charge is 2.51. The zero-order chi connectivity index (χ0) is 67.3. The number of hydrogen-bond acceptors (Lipinski definition) is 13. The van der Waals surface area contributed by atoms with Gasteiger partial charge in [0.25, 0.3) is 0 Å². The Morgan fingerprint density at radius 2 is 0.753 bits per heavy atom. The van der Waals surface area contributed by atoms with Gasteiger partial charge in [0.15, 0.2) is 12.6 Å². The van der Waals surface area contributed by atoms with E-state index in [2.05, 4.69) is 92.1 Å². The minimum absolute atomic E-state index is 0.249. The number of allylic oxidation sites excluding steroid dienone is 13. The zero-order valence-corrected chi connectivity index (χ0v) is 59.0. The minimum Gasteiger partial charge on any atom is -0.394 e. The molecule has 2 fully saturated rings. The standard InChI is InChI=1S/C79H141NO13/c1-3-5-7-9-11-13-15-17-19-21-23-25-26-27-28-29-30-31-32-33-34-35-36-37-38-39-40-41-42-43-45-47-49-51-53-55-57-59-61-63-71(84)80-67(68(83)62-60-58-56-54-52-50-48-46-44-24-22-20-18-16-14-12-10-8-6-4-2)66-90-78-76(89)74(87)77(70(65-82)92-78)93-79-75(88)73(86)72(85)69(64-81)91-79/h5,7,11,13,17,19,23,25,44,46,52,54,60,62,67-70,72-79,81-83,85-89H,3-4,6,8-10,12,14-16,18,20-22,24,26-43,45,47-51,53,55-59,61,63-66H2,1-2H3,(H,80,84)/b7-5-,13-11-,19-17-,25-23-,46-44+,54-52+,62-60+. The Labute approximate surface area is 567 Å². The third-order valence-electron chi connectivity index (χ3n) is 18.3. The van der Waals surface area contributed by atoms with Crippen molar-refractivity contribution in [1.82, 2.24) is 5.32 Å². The van der Waals surface area contributed by atoms with Crippen molar-refractivity contribution < 1.29 is 64.6 Å². The van der Waals surface area contributed by atoms with Crippen molar-refractivity contribution >= 4 is 5.91 Å². The Bertz CT molecular complexity index is 1890. The summed E-state index contributed by atoms with van der Waals surface area (Å²) in [5.74, 6) is -0.249. The molecule has 93 heavy (non-hydrogen) atoms. The Balaban J connectivity index is 1.59. The molecule has 12 atom stereocenters. The number of nitrogens with one attached hydrogen (secondary N) is 1. The molecular weight excluding hydrogens is 1170 g/mol. The summed E-state index contributed by atoms with van der Waals surface area (Å²) >= 11 is 0. The molecule has 1 amide bonds. The smallest absolute Gasteiger partial charge is 0.220 e. The van der Waals surface area contributed by atoms with Crippen LogP contribution in [0.4, 0.5) is 0 Å². The Kier molecular flexibility index (Phi) is 58.1. The van der Waals surface area contributed by atoms with Gasteiger partial charge in [-0.3, -0.25) is 4.79 Å². The second kappa shape index (κ2) is 62.7. The molecule has 0 bridgehead atoms. The van der Waals surface area contributed by atoms with E-state index in [9.17, 15) is 45.6 Å². The quantitative estimate of drug-likeness (QED) is 0.0204. The maximum Gasteiger partial charge on any atom is 0.220 e. The van der Waals surface area contributed by atoms with Crippen LogP contribution in [0.2, 0.25) is 0 Å². The normalized spacial score (nSPS) is 23.0. The lowest BCUT2D eigenvalue weighted by Gasteiger charge is -2.46. The molecule has 0 aliphatic carbocycles. The van der Waals surface area contributed by atoms with Crippen molar-refractivity contribution in [2.24, 2.45) is 0 Å². The van der Waals surface area contributed by atoms with Crippen LogP contribution in [-0.4, -0.2) is 140 Å². The second-order valence-electron chi connectivity index (χ2n) is 26.7. The molecule has 2 aliphatic rings. The number of aliphatic hydroxyl groups excluding tert-OH is 8. The Morgan fingerprint density at radius 1 is 0.398 bits per heavy atom. The van der Waals surface area contributed by atoms with E-state index in [0.717, 1.165) is 70.6 Å². The van der Waals surface area contributed by atoms with Gasteiger partial charge in [-0.25, -0.2) is 0 Å². The van der Waals surface area contributed by atoms with E-state index >= 15 is 0 Å². The van der Waals surface area contributed by atoms with Crippen LogP contribution in [0.3, 0.4) is 0 Å². The van der Waals surface area contributed by atoms with Crippen LogP contribution in [0.5, 0.6) is 0 Å². The average Bonchev–Trinajstić information content (AvgIpc) is 0.854. The maximum absolute atomic E-state index is 13.3. The van der Waals surface area contributed by atoms with E-state index < -0.39 is 86.8 Å². The molecule has 2 aliphatic heterocycles. The topological polar surface area (TPSA) is 228 Å². The van der Waals surface area contributed by atoms with Gasteiger partial charge in [0, 0.05) is 6.42 Å². The zero-order valence-electron chi connectivity index (χ0n) is 59.0. The van der Waals surface area contributed by atoms with Crippen molar-refractivity contribution in [3.63, 3.8) is 0 Å². The monoisotopic (exact) mass is 1310 g/mol. The van der Waals surface area contributed by atoms with Crippen LogP contribution in [0.15, 0.2) is 85.1 Å². The largest absolute Gasteiger partial charge is 0.394 e. The number of carbonyl (C=O) groups is 1. The van der Waals surface area contributed by atoms with E-state index in [1.807, 2.05) is 6.08 Å². The van der Waals surface area contributed by atoms with E-state index in [1.54, 1.807) is 6.08 Å². The van der Waals surface area contributed by atoms with Crippen molar-refractivity contribution in [2.45, 2.75) is 389 Å². The number of aliphatic hydroxyl groups is 8. The second-order valence-corrected chi connectivity index (χ2v) is 26.7.